The summed E-state index contributed by atoms with van der Waals surface area (Å²) in [5.41, 5.74) is 7.12. The zero-order valence-corrected chi connectivity index (χ0v) is 25.7. The van der Waals surface area contributed by atoms with Gasteiger partial charge in [-0.2, -0.15) is 0 Å². The van der Waals surface area contributed by atoms with Crippen molar-refractivity contribution in [2.45, 2.75) is 52.6 Å². The first kappa shape index (κ1) is 28.8. The van der Waals surface area contributed by atoms with Crippen molar-refractivity contribution in [2.24, 2.45) is 0 Å². The summed E-state index contributed by atoms with van der Waals surface area (Å²) in [6.45, 7) is 6.04. The van der Waals surface area contributed by atoms with Gasteiger partial charge in [-0.05, 0) is 60.7 Å². The van der Waals surface area contributed by atoms with Crippen LogP contribution in [0.5, 0.6) is 5.75 Å². The molecule has 0 fully saturated rings. The third-order valence-corrected chi connectivity index (χ3v) is 7.32. The minimum atomic E-state index is -0.594. The van der Waals surface area contributed by atoms with E-state index in [4.69, 9.17) is 14.2 Å². The molecule has 1 aliphatic heterocycles. The van der Waals surface area contributed by atoms with Crippen LogP contribution in [0.25, 0.3) is 28.2 Å². The van der Waals surface area contributed by atoms with E-state index in [9.17, 15) is 9.59 Å². The predicted molar refractivity (Wildman–Crippen MR) is 159 cm³/mol. The third-order valence-electron chi connectivity index (χ3n) is 7.32. The molecule has 0 amide bonds. The first-order valence-electron chi connectivity index (χ1n) is 13.6. The van der Waals surface area contributed by atoms with Gasteiger partial charge >= 0.3 is 5.76 Å². The number of hydrogen-bond donors (Lipinski definition) is 1. The van der Waals surface area contributed by atoms with Gasteiger partial charge in [-0.1, -0.05) is 67.0 Å². The summed E-state index contributed by atoms with van der Waals surface area (Å²) in [5.74, 6) is 1.35. The number of rotatable bonds is 7. The van der Waals surface area contributed by atoms with Gasteiger partial charge in [-0.3, -0.25) is 18.9 Å². The number of nitrogens with one attached hydrogen (secondary N) is 1. The number of benzene rings is 3. The van der Waals surface area contributed by atoms with Crippen LogP contribution in [-0.4, -0.2) is 55.4 Å². The number of nitrogens with zero attached hydrogens (tertiary/aromatic N) is 3. The minimum absolute atomic E-state index is 0. The van der Waals surface area contributed by atoms with Crippen molar-refractivity contribution in [1.82, 2.24) is 19.7 Å². The number of hydrogen-bond acceptors (Lipinski definition) is 6. The molecule has 5 aromatic rings. The molecule has 9 heteroatoms. The summed E-state index contributed by atoms with van der Waals surface area (Å²) in [4.78, 5) is 33.0. The van der Waals surface area contributed by atoms with E-state index in [1.54, 1.807) is 4.57 Å². The van der Waals surface area contributed by atoms with Crippen LogP contribution >= 0.6 is 0 Å². The fraction of sp³-hybridized carbons (Fsp3) is 0.250. The Bertz CT molecular complexity index is 1820. The molecule has 0 saturated heterocycles. The van der Waals surface area contributed by atoms with Gasteiger partial charge in [0.15, 0.2) is 5.82 Å². The average Bonchev–Trinajstić information content (AvgIpc) is 3.55. The van der Waals surface area contributed by atoms with Crippen LogP contribution in [0, 0.1) is 6.92 Å². The normalized spacial score (nSPS) is 13.9. The summed E-state index contributed by atoms with van der Waals surface area (Å²) < 4.78 is 12.3. The second kappa shape index (κ2) is 12.0. The maximum absolute atomic E-state index is 14.0. The molecule has 3 aromatic carbocycles. The molecule has 0 aliphatic carbocycles. The van der Waals surface area contributed by atoms with Gasteiger partial charge in [0, 0.05) is 53.5 Å². The maximum Gasteiger partial charge on any atom is 0.439 e. The molecule has 0 bridgehead atoms. The quantitative estimate of drug-likeness (QED) is 0.282. The maximum atomic E-state index is 14.0. The summed E-state index contributed by atoms with van der Waals surface area (Å²) in [5, 5.41) is 3.85. The fourth-order valence-corrected chi connectivity index (χ4v) is 5.48. The van der Waals surface area contributed by atoms with Gasteiger partial charge in [0.25, 0.3) is 5.56 Å². The number of fused-ring (bicyclic) bond motifs is 1. The van der Waals surface area contributed by atoms with E-state index in [1.165, 1.54) is 0 Å². The molecular weight excluding hydrogens is 527 g/mol. The Morgan fingerprint density at radius 2 is 1.78 bits per heavy atom. The van der Waals surface area contributed by atoms with Crippen LogP contribution in [-0.2, 0) is 19.3 Å². The monoisotopic (exact) mass is 557 g/mol. The van der Waals surface area contributed by atoms with Crippen LogP contribution in [0.15, 0.2) is 80.8 Å². The smallest absolute Gasteiger partial charge is 0.439 e. The zero-order chi connectivity index (χ0) is 27.8. The fourth-order valence-electron chi connectivity index (χ4n) is 5.48. The molecule has 1 radical (unpaired) electrons. The van der Waals surface area contributed by atoms with Gasteiger partial charge in [-0.25, -0.2) is 9.78 Å². The predicted octanol–water partition coefficient (Wildman–Crippen LogP) is 5.04. The number of aromatic amines is 1. The minimum Gasteiger partial charge on any atom is -0.490 e. The average molecular weight is 558 g/mol. The van der Waals surface area contributed by atoms with Crippen molar-refractivity contribution in [3.63, 3.8) is 0 Å². The Balaban J connectivity index is 0.00000337. The Hall–Kier alpha value is -3.72. The number of aromatic nitrogens is 4. The third kappa shape index (κ3) is 5.73. The van der Waals surface area contributed by atoms with Crippen LogP contribution in [0.2, 0.25) is 0 Å². The van der Waals surface area contributed by atoms with Crippen LogP contribution in [0.1, 0.15) is 48.5 Å². The molecule has 41 heavy (non-hydrogen) atoms. The molecule has 6 rings (SSSR count). The molecule has 3 heterocycles. The summed E-state index contributed by atoms with van der Waals surface area (Å²) in [7, 11) is 0. The Morgan fingerprint density at radius 3 is 2.49 bits per heavy atom. The first-order valence-corrected chi connectivity index (χ1v) is 13.6. The van der Waals surface area contributed by atoms with E-state index >= 15 is 0 Å². The van der Waals surface area contributed by atoms with E-state index in [1.807, 2.05) is 73.7 Å². The Morgan fingerprint density at radius 1 is 1.02 bits per heavy atom. The molecule has 1 unspecified atom stereocenters. The molecule has 1 atom stereocenters. The topological polar surface area (TPSA) is 103 Å². The van der Waals surface area contributed by atoms with Crippen LogP contribution in [0.3, 0.4) is 0 Å². The Labute approximate surface area is 259 Å². The summed E-state index contributed by atoms with van der Waals surface area (Å²) >= 11 is 0. The van der Waals surface area contributed by atoms with E-state index in [-0.39, 0.29) is 41.2 Å². The zero-order valence-electron chi connectivity index (χ0n) is 23.7. The van der Waals surface area contributed by atoms with E-state index in [0.29, 0.717) is 23.6 Å². The van der Waals surface area contributed by atoms with E-state index in [2.05, 4.69) is 24.0 Å². The second-order valence-corrected chi connectivity index (χ2v) is 10.3. The van der Waals surface area contributed by atoms with Crippen molar-refractivity contribution in [1.29, 1.82) is 0 Å². The standard InChI is InChI=1S/C32H30N4O4.Na/c1-4-7-28-27(31(37)36(20(3)33-28)24-14-15-29-23(18-24)16-19(2)39-29)17-21-10-12-22(13-11-21)25-8-5-6-9-26(25)30-34-32(38)40-35-30;/h5-6,8-15,18-19H,4,7,16-17H2,1-3H3,(H,34,35,38);. The van der Waals surface area contributed by atoms with Gasteiger partial charge in [0.2, 0.25) is 0 Å². The number of ether oxygens (including phenoxy) is 1. The van der Waals surface area contributed by atoms with Crippen LogP contribution < -0.4 is 16.1 Å². The molecule has 0 spiro atoms. The number of aryl methyl sites for hydroxylation is 2. The van der Waals surface area contributed by atoms with Crippen molar-refractivity contribution >= 4 is 29.6 Å². The van der Waals surface area contributed by atoms with Gasteiger partial charge < -0.3 is 4.74 Å². The SMILES string of the molecule is CCCc1nc(C)n(-c2ccc3c(c2)CC(C)O3)c(=O)c1Cc1ccc(-c2ccccc2-c2noc(=O)[nH]2)cc1.[Na]. The number of H-pyrrole nitrogens is 1. The first-order chi connectivity index (χ1) is 19.4. The molecule has 2 aromatic heterocycles. The molecular formula is C32H30N4NaO4. The summed E-state index contributed by atoms with van der Waals surface area (Å²) in [6.07, 6.45) is 3.08. The van der Waals surface area contributed by atoms with Crippen molar-refractivity contribution in [3.05, 3.63) is 116 Å². The van der Waals surface area contributed by atoms with E-state index < -0.39 is 5.76 Å². The van der Waals surface area contributed by atoms with Gasteiger partial charge in [-0.15, -0.1) is 0 Å². The second-order valence-electron chi connectivity index (χ2n) is 10.3. The van der Waals surface area contributed by atoms with Crippen molar-refractivity contribution in [2.75, 3.05) is 0 Å². The van der Waals surface area contributed by atoms with Gasteiger partial charge in [0.1, 0.15) is 17.7 Å². The molecule has 1 aliphatic rings. The van der Waals surface area contributed by atoms with E-state index in [0.717, 1.165) is 64.2 Å². The molecule has 8 nitrogen and oxygen atoms in total. The molecule has 0 saturated carbocycles. The molecule has 203 valence electrons. The van der Waals surface area contributed by atoms with Crippen molar-refractivity contribution in [3.8, 4) is 34.0 Å². The van der Waals surface area contributed by atoms with Crippen molar-refractivity contribution < 1.29 is 9.26 Å². The Kier molecular flexibility index (Phi) is 8.45. The van der Waals surface area contributed by atoms with Crippen LogP contribution in [0.4, 0.5) is 0 Å². The largest absolute Gasteiger partial charge is 0.490 e. The van der Waals surface area contributed by atoms with Gasteiger partial charge in [0.05, 0.1) is 11.4 Å². The molecule has 1 N–H and O–H groups in total. The summed E-state index contributed by atoms with van der Waals surface area (Å²) in [6, 6.07) is 21.7.